The molecule has 0 aliphatic carbocycles. The Morgan fingerprint density at radius 1 is 1.25 bits per heavy atom. The van der Waals surface area contributed by atoms with Crippen molar-refractivity contribution in [2.75, 3.05) is 38.1 Å². The van der Waals surface area contributed by atoms with Gasteiger partial charge in [-0.1, -0.05) is 19.9 Å². The lowest BCUT2D eigenvalue weighted by Gasteiger charge is -2.24. The number of pyridine rings is 2. The van der Waals surface area contributed by atoms with E-state index in [1.165, 1.54) is 4.40 Å². The second kappa shape index (κ2) is 8.42. The molecular formula is C20H25N5O3. The summed E-state index contributed by atoms with van der Waals surface area (Å²) in [5.74, 6) is -0.553. The van der Waals surface area contributed by atoms with Gasteiger partial charge < -0.3 is 10.1 Å². The number of hydrogen-bond acceptors (Lipinski definition) is 7. The van der Waals surface area contributed by atoms with Crippen LogP contribution in [0.1, 0.15) is 36.7 Å². The molecule has 1 aliphatic rings. The number of anilines is 1. The second-order valence-electron chi connectivity index (χ2n) is 6.57. The lowest BCUT2D eigenvalue weighted by atomic mass is 10.1. The monoisotopic (exact) mass is 383 g/mol. The molecule has 3 rings (SSSR count). The van der Waals surface area contributed by atoms with Gasteiger partial charge in [0.15, 0.2) is 0 Å². The van der Waals surface area contributed by atoms with Crippen LogP contribution in [0.3, 0.4) is 0 Å². The van der Waals surface area contributed by atoms with Crippen LogP contribution in [0.15, 0.2) is 29.2 Å². The lowest BCUT2D eigenvalue weighted by Crippen LogP contribution is -2.35. The third-order valence-corrected chi connectivity index (χ3v) is 4.98. The van der Waals surface area contributed by atoms with Gasteiger partial charge in [-0.15, -0.1) is 0 Å². The van der Waals surface area contributed by atoms with E-state index in [2.05, 4.69) is 29.2 Å². The zero-order chi connectivity index (χ0) is 20.3. The van der Waals surface area contributed by atoms with Gasteiger partial charge in [0.25, 0.3) is 5.56 Å². The number of hydrogen-bond donors (Lipinski definition) is 1. The van der Waals surface area contributed by atoms with Crippen LogP contribution in [0.4, 0.5) is 5.69 Å². The molecule has 148 valence electrons. The third-order valence-electron chi connectivity index (χ3n) is 4.98. The minimum Gasteiger partial charge on any atom is -0.462 e. The number of esters is 1. The highest BCUT2D eigenvalue weighted by Gasteiger charge is 2.31. The molecule has 0 saturated carbocycles. The van der Waals surface area contributed by atoms with Crippen molar-refractivity contribution in [2.24, 2.45) is 0 Å². The Labute approximate surface area is 163 Å². The Balaban J connectivity index is 2.15. The fourth-order valence-corrected chi connectivity index (χ4v) is 3.71. The van der Waals surface area contributed by atoms with Crippen LogP contribution < -0.4 is 10.9 Å². The van der Waals surface area contributed by atoms with Crippen molar-refractivity contribution in [2.45, 2.75) is 26.8 Å². The SMILES string of the molecule is CCOC(=O)c1c(NC2CN(CC)N(CC)C2)c(C#N)c(=O)n2ccccc12. The van der Waals surface area contributed by atoms with Gasteiger partial charge in [0, 0.05) is 32.4 Å². The predicted octanol–water partition coefficient (Wildman–Crippen LogP) is 1.70. The number of rotatable bonds is 6. The minimum atomic E-state index is -0.553. The van der Waals surface area contributed by atoms with Gasteiger partial charge >= 0.3 is 5.97 Å². The Morgan fingerprint density at radius 2 is 1.93 bits per heavy atom. The fraction of sp³-hybridized carbons (Fsp3) is 0.450. The number of nitriles is 1. The van der Waals surface area contributed by atoms with Crippen LogP contribution in [0.5, 0.6) is 0 Å². The summed E-state index contributed by atoms with van der Waals surface area (Å²) in [7, 11) is 0. The van der Waals surface area contributed by atoms with E-state index in [-0.39, 0.29) is 29.5 Å². The normalized spacial score (nSPS) is 15.6. The summed E-state index contributed by atoms with van der Waals surface area (Å²) >= 11 is 0. The van der Waals surface area contributed by atoms with Crippen molar-refractivity contribution in [3.63, 3.8) is 0 Å². The molecule has 8 heteroatoms. The zero-order valence-electron chi connectivity index (χ0n) is 16.4. The highest BCUT2D eigenvalue weighted by Crippen LogP contribution is 2.26. The first-order valence-corrected chi connectivity index (χ1v) is 9.56. The van der Waals surface area contributed by atoms with E-state index in [1.807, 2.05) is 6.07 Å². The molecule has 2 aromatic heterocycles. The van der Waals surface area contributed by atoms with E-state index >= 15 is 0 Å². The largest absolute Gasteiger partial charge is 0.462 e. The van der Waals surface area contributed by atoms with Gasteiger partial charge in [-0.3, -0.25) is 9.20 Å². The van der Waals surface area contributed by atoms with E-state index < -0.39 is 11.5 Å². The highest BCUT2D eigenvalue weighted by molar-refractivity contribution is 6.04. The molecule has 1 fully saturated rings. The molecule has 0 atom stereocenters. The molecule has 2 aromatic rings. The van der Waals surface area contributed by atoms with Crippen LogP contribution in [-0.4, -0.2) is 59.2 Å². The summed E-state index contributed by atoms with van der Waals surface area (Å²) in [6.45, 7) is 9.27. The fourth-order valence-electron chi connectivity index (χ4n) is 3.71. The van der Waals surface area contributed by atoms with Crippen molar-refractivity contribution in [3.05, 3.63) is 45.9 Å². The molecule has 0 spiro atoms. The maximum atomic E-state index is 12.9. The Bertz CT molecular complexity index is 966. The number of likely N-dealkylation sites (N-methyl/N-ethyl adjacent to an activating group) is 2. The molecule has 3 heterocycles. The first-order chi connectivity index (χ1) is 13.5. The molecule has 0 amide bonds. The molecule has 0 bridgehead atoms. The van der Waals surface area contributed by atoms with Gasteiger partial charge in [0.1, 0.15) is 17.2 Å². The lowest BCUT2D eigenvalue weighted by molar-refractivity contribution is 0.0388. The Kier molecular flexibility index (Phi) is 5.97. The second-order valence-corrected chi connectivity index (χ2v) is 6.57. The van der Waals surface area contributed by atoms with Crippen LogP contribution in [-0.2, 0) is 4.74 Å². The van der Waals surface area contributed by atoms with Crippen molar-refractivity contribution < 1.29 is 9.53 Å². The van der Waals surface area contributed by atoms with Crippen LogP contribution in [0.2, 0.25) is 0 Å². The zero-order valence-corrected chi connectivity index (χ0v) is 16.4. The summed E-state index contributed by atoms with van der Waals surface area (Å²) in [6.07, 6.45) is 1.55. The molecule has 1 saturated heterocycles. The minimum absolute atomic E-state index is 0.0225. The predicted molar refractivity (Wildman–Crippen MR) is 106 cm³/mol. The van der Waals surface area contributed by atoms with E-state index in [0.29, 0.717) is 5.52 Å². The Morgan fingerprint density at radius 3 is 2.50 bits per heavy atom. The quantitative estimate of drug-likeness (QED) is 0.759. The van der Waals surface area contributed by atoms with E-state index in [0.717, 1.165) is 26.2 Å². The molecular weight excluding hydrogens is 358 g/mol. The highest BCUT2D eigenvalue weighted by atomic mass is 16.5. The average Bonchev–Trinajstić information content (AvgIpc) is 3.10. The number of carbonyl (C=O) groups is 1. The summed E-state index contributed by atoms with van der Waals surface area (Å²) in [6, 6.07) is 7.09. The van der Waals surface area contributed by atoms with Gasteiger partial charge in [-0.2, -0.15) is 5.26 Å². The number of carbonyl (C=O) groups excluding carboxylic acids is 1. The molecule has 0 unspecified atom stereocenters. The summed E-state index contributed by atoms with van der Waals surface area (Å²) in [5.41, 5.74) is 0.369. The van der Waals surface area contributed by atoms with Crippen molar-refractivity contribution >= 4 is 17.2 Å². The van der Waals surface area contributed by atoms with E-state index in [9.17, 15) is 14.9 Å². The number of nitrogens with zero attached hydrogens (tertiary/aromatic N) is 4. The summed E-state index contributed by atoms with van der Waals surface area (Å²) in [4.78, 5) is 25.6. The average molecular weight is 383 g/mol. The molecule has 0 radical (unpaired) electrons. The summed E-state index contributed by atoms with van der Waals surface area (Å²) in [5, 5.41) is 17.4. The standard InChI is InChI=1S/C20H25N5O3/c1-4-23-12-14(13-24(23)5-2)22-18-15(11-21)19(26)25-10-8-7-9-16(25)17(18)20(27)28-6-3/h7-10,14,22H,4-6,12-13H2,1-3H3. The maximum Gasteiger partial charge on any atom is 0.342 e. The first kappa shape index (κ1) is 19.9. The number of aromatic nitrogens is 1. The number of nitrogens with one attached hydrogen (secondary N) is 1. The van der Waals surface area contributed by atoms with Gasteiger partial charge in [0.2, 0.25) is 0 Å². The van der Waals surface area contributed by atoms with Crippen molar-refractivity contribution in [3.8, 4) is 6.07 Å². The third kappa shape index (κ3) is 3.46. The molecule has 0 aromatic carbocycles. The summed E-state index contributed by atoms with van der Waals surface area (Å²) < 4.78 is 6.56. The van der Waals surface area contributed by atoms with Crippen LogP contribution in [0.25, 0.3) is 5.52 Å². The molecule has 8 nitrogen and oxygen atoms in total. The van der Waals surface area contributed by atoms with Gasteiger partial charge in [0.05, 0.1) is 23.9 Å². The number of fused-ring (bicyclic) bond motifs is 1. The van der Waals surface area contributed by atoms with E-state index in [4.69, 9.17) is 4.74 Å². The van der Waals surface area contributed by atoms with Crippen LogP contribution >= 0.6 is 0 Å². The number of ether oxygens (including phenoxy) is 1. The van der Waals surface area contributed by atoms with E-state index in [1.54, 1.807) is 31.3 Å². The smallest absolute Gasteiger partial charge is 0.342 e. The van der Waals surface area contributed by atoms with Gasteiger partial charge in [-0.25, -0.2) is 14.8 Å². The van der Waals surface area contributed by atoms with Crippen LogP contribution in [0, 0.1) is 11.3 Å². The molecule has 1 N–H and O–H groups in total. The topological polar surface area (TPSA) is 90.1 Å². The first-order valence-electron chi connectivity index (χ1n) is 9.56. The van der Waals surface area contributed by atoms with Gasteiger partial charge in [-0.05, 0) is 19.1 Å². The van der Waals surface area contributed by atoms with Crippen molar-refractivity contribution in [1.82, 2.24) is 14.4 Å². The maximum absolute atomic E-state index is 12.9. The van der Waals surface area contributed by atoms with Crippen molar-refractivity contribution in [1.29, 1.82) is 5.26 Å². The number of hydrazine groups is 1. The Hall–Kier alpha value is -2.89. The molecule has 28 heavy (non-hydrogen) atoms. The molecule has 1 aliphatic heterocycles.